The van der Waals surface area contributed by atoms with Crippen LogP contribution >= 0.6 is 11.6 Å². The van der Waals surface area contributed by atoms with Crippen LogP contribution < -0.4 is 10.6 Å². The van der Waals surface area contributed by atoms with Gasteiger partial charge in [0.05, 0.1) is 6.04 Å². The summed E-state index contributed by atoms with van der Waals surface area (Å²) in [5.41, 5.74) is 1.72. The molecule has 2 heterocycles. The predicted molar refractivity (Wildman–Crippen MR) is 95.5 cm³/mol. The Morgan fingerprint density at radius 3 is 2.92 bits per heavy atom. The third kappa shape index (κ3) is 4.58. The Balaban J connectivity index is 1.43. The van der Waals surface area contributed by atoms with E-state index in [2.05, 4.69) is 15.7 Å². The summed E-state index contributed by atoms with van der Waals surface area (Å²) < 4.78 is 1.91. The molecule has 1 fully saturated rings. The van der Waals surface area contributed by atoms with Crippen molar-refractivity contribution in [3.05, 3.63) is 52.8 Å². The number of hydrogen-bond donors (Lipinski definition) is 2. The summed E-state index contributed by atoms with van der Waals surface area (Å²) in [7, 11) is 0. The van der Waals surface area contributed by atoms with Crippen molar-refractivity contribution in [2.75, 3.05) is 19.6 Å². The number of carbonyl (C=O) groups is 1. The highest BCUT2D eigenvalue weighted by Gasteiger charge is 2.17. The molecule has 0 radical (unpaired) electrons. The second-order valence-electron chi connectivity index (χ2n) is 6.17. The van der Waals surface area contributed by atoms with Crippen LogP contribution in [0.2, 0.25) is 5.02 Å². The Kier molecular flexibility index (Phi) is 5.88. The van der Waals surface area contributed by atoms with E-state index in [9.17, 15) is 4.79 Å². The molecule has 0 bridgehead atoms. The molecule has 1 aromatic heterocycles. The van der Waals surface area contributed by atoms with Crippen LogP contribution in [0.4, 0.5) is 0 Å². The standard InChI is InChI=1S/C18H23ClN4O/c19-15-7-5-14(6-8-15)3-1-11-21-18(24)17-9-12-23(22-17)16-4-2-10-20-13-16/h5-9,12,16,20H,1-4,10-11,13H2,(H,21,24). The molecule has 0 aliphatic carbocycles. The molecule has 1 aliphatic heterocycles. The summed E-state index contributed by atoms with van der Waals surface area (Å²) in [5, 5.41) is 11.5. The number of aromatic nitrogens is 2. The maximum Gasteiger partial charge on any atom is 0.271 e. The van der Waals surface area contributed by atoms with E-state index < -0.39 is 0 Å². The molecule has 128 valence electrons. The van der Waals surface area contributed by atoms with Gasteiger partial charge in [-0.2, -0.15) is 5.10 Å². The van der Waals surface area contributed by atoms with Crippen molar-refractivity contribution in [3.8, 4) is 0 Å². The van der Waals surface area contributed by atoms with Crippen LogP contribution in [0, 0.1) is 0 Å². The minimum absolute atomic E-state index is 0.103. The summed E-state index contributed by atoms with van der Waals surface area (Å²) in [5.74, 6) is -0.103. The first-order valence-electron chi connectivity index (χ1n) is 8.51. The maximum absolute atomic E-state index is 12.2. The second kappa shape index (κ2) is 8.31. The van der Waals surface area contributed by atoms with E-state index in [0.29, 0.717) is 18.3 Å². The highest BCUT2D eigenvalue weighted by Crippen LogP contribution is 2.15. The van der Waals surface area contributed by atoms with Gasteiger partial charge in [-0.1, -0.05) is 23.7 Å². The van der Waals surface area contributed by atoms with E-state index in [1.807, 2.05) is 35.1 Å². The van der Waals surface area contributed by atoms with Crippen molar-refractivity contribution in [2.45, 2.75) is 31.7 Å². The van der Waals surface area contributed by atoms with Gasteiger partial charge in [0.2, 0.25) is 0 Å². The number of hydrogen-bond acceptors (Lipinski definition) is 3. The van der Waals surface area contributed by atoms with E-state index in [0.717, 1.165) is 43.8 Å². The van der Waals surface area contributed by atoms with Crippen LogP contribution in [0.15, 0.2) is 36.5 Å². The van der Waals surface area contributed by atoms with Gasteiger partial charge in [0.15, 0.2) is 0 Å². The molecular formula is C18H23ClN4O. The number of rotatable bonds is 6. The molecule has 1 unspecified atom stereocenters. The molecule has 1 atom stereocenters. The van der Waals surface area contributed by atoms with Gasteiger partial charge in [-0.15, -0.1) is 0 Å². The number of nitrogens with one attached hydrogen (secondary N) is 2. The van der Waals surface area contributed by atoms with Crippen LogP contribution in [0.25, 0.3) is 0 Å². The first-order chi connectivity index (χ1) is 11.7. The smallest absolute Gasteiger partial charge is 0.271 e. The van der Waals surface area contributed by atoms with Gasteiger partial charge in [0, 0.05) is 24.3 Å². The van der Waals surface area contributed by atoms with Gasteiger partial charge in [-0.3, -0.25) is 9.48 Å². The fraction of sp³-hybridized carbons (Fsp3) is 0.444. The van der Waals surface area contributed by atoms with Gasteiger partial charge < -0.3 is 10.6 Å². The van der Waals surface area contributed by atoms with Crippen molar-refractivity contribution in [2.24, 2.45) is 0 Å². The molecule has 0 spiro atoms. The topological polar surface area (TPSA) is 59.0 Å². The van der Waals surface area contributed by atoms with Gasteiger partial charge in [0.25, 0.3) is 5.91 Å². The predicted octanol–water partition coefficient (Wildman–Crippen LogP) is 2.82. The quantitative estimate of drug-likeness (QED) is 0.791. The maximum atomic E-state index is 12.2. The Morgan fingerprint density at radius 2 is 2.17 bits per heavy atom. The Hall–Kier alpha value is -1.85. The lowest BCUT2D eigenvalue weighted by molar-refractivity contribution is 0.0947. The van der Waals surface area contributed by atoms with E-state index >= 15 is 0 Å². The highest BCUT2D eigenvalue weighted by atomic mass is 35.5. The molecule has 2 N–H and O–H groups in total. The van der Waals surface area contributed by atoms with Crippen LogP contribution in [0.3, 0.4) is 0 Å². The van der Waals surface area contributed by atoms with Crippen LogP contribution in [-0.2, 0) is 6.42 Å². The monoisotopic (exact) mass is 346 g/mol. The Morgan fingerprint density at radius 1 is 1.33 bits per heavy atom. The SMILES string of the molecule is O=C(NCCCc1ccc(Cl)cc1)c1ccn(C2CCCNC2)n1. The Bertz CT molecular complexity index is 662. The zero-order valence-electron chi connectivity index (χ0n) is 13.7. The van der Waals surface area contributed by atoms with E-state index in [1.165, 1.54) is 5.56 Å². The number of nitrogens with zero attached hydrogens (tertiary/aromatic N) is 2. The van der Waals surface area contributed by atoms with Crippen molar-refractivity contribution >= 4 is 17.5 Å². The van der Waals surface area contributed by atoms with Crippen molar-refractivity contribution in [1.82, 2.24) is 20.4 Å². The first kappa shape index (κ1) is 17.0. The third-order valence-electron chi connectivity index (χ3n) is 4.33. The lowest BCUT2D eigenvalue weighted by Gasteiger charge is -2.22. The number of benzene rings is 1. The number of piperidine rings is 1. The lowest BCUT2D eigenvalue weighted by Crippen LogP contribution is -2.32. The van der Waals surface area contributed by atoms with Gasteiger partial charge in [-0.25, -0.2) is 0 Å². The second-order valence-corrected chi connectivity index (χ2v) is 6.60. The molecular weight excluding hydrogens is 324 g/mol. The van der Waals surface area contributed by atoms with E-state index in [1.54, 1.807) is 6.07 Å². The average molecular weight is 347 g/mol. The zero-order chi connectivity index (χ0) is 16.8. The summed E-state index contributed by atoms with van der Waals surface area (Å²) in [6.45, 7) is 2.63. The van der Waals surface area contributed by atoms with Gasteiger partial charge in [0.1, 0.15) is 5.69 Å². The number of amides is 1. The molecule has 5 nitrogen and oxygen atoms in total. The largest absolute Gasteiger partial charge is 0.351 e. The first-order valence-corrected chi connectivity index (χ1v) is 8.89. The van der Waals surface area contributed by atoms with E-state index in [4.69, 9.17) is 11.6 Å². The molecule has 2 aromatic rings. The molecule has 1 saturated heterocycles. The Labute approximate surface area is 147 Å². The molecule has 3 rings (SSSR count). The van der Waals surface area contributed by atoms with E-state index in [-0.39, 0.29) is 5.91 Å². The molecule has 24 heavy (non-hydrogen) atoms. The van der Waals surface area contributed by atoms with Gasteiger partial charge in [-0.05, 0) is 56.0 Å². The number of halogens is 1. The molecule has 6 heteroatoms. The van der Waals surface area contributed by atoms with Crippen molar-refractivity contribution in [1.29, 1.82) is 0 Å². The molecule has 1 aliphatic rings. The van der Waals surface area contributed by atoms with Gasteiger partial charge >= 0.3 is 0 Å². The average Bonchev–Trinajstić information content (AvgIpc) is 3.11. The number of aryl methyl sites for hydroxylation is 1. The minimum atomic E-state index is -0.103. The molecule has 1 amide bonds. The fourth-order valence-electron chi connectivity index (χ4n) is 2.96. The van der Waals surface area contributed by atoms with Crippen molar-refractivity contribution < 1.29 is 4.79 Å². The summed E-state index contributed by atoms with van der Waals surface area (Å²) in [4.78, 5) is 12.2. The summed E-state index contributed by atoms with van der Waals surface area (Å²) in [6.07, 6.45) is 5.97. The molecule has 1 aromatic carbocycles. The molecule has 0 saturated carbocycles. The van der Waals surface area contributed by atoms with Crippen LogP contribution in [-0.4, -0.2) is 35.3 Å². The lowest BCUT2D eigenvalue weighted by atomic mass is 10.1. The van der Waals surface area contributed by atoms with Crippen LogP contribution in [0.5, 0.6) is 0 Å². The van der Waals surface area contributed by atoms with Crippen molar-refractivity contribution in [3.63, 3.8) is 0 Å². The zero-order valence-corrected chi connectivity index (χ0v) is 14.4. The van der Waals surface area contributed by atoms with Crippen LogP contribution in [0.1, 0.15) is 41.4 Å². The minimum Gasteiger partial charge on any atom is -0.351 e. The summed E-state index contributed by atoms with van der Waals surface area (Å²) in [6, 6.07) is 9.96. The normalized spacial score (nSPS) is 17.6. The third-order valence-corrected chi connectivity index (χ3v) is 4.58. The summed E-state index contributed by atoms with van der Waals surface area (Å²) >= 11 is 5.87. The highest BCUT2D eigenvalue weighted by molar-refractivity contribution is 6.30. The fourth-order valence-corrected chi connectivity index (χ4v) is 3.08. The number of carbonyl (C=O) groups excluding carboxylic acids is 1.